The fourth-order valence-electron chi connectivity index (χ4n) is 4.29. The summed E-state index contributed by atoms with van der Waals surface area (Å²) in [6.07, 6.45) is 0. The first-order chi connectivity index (χ1) is 14.8. The lowest BCUT2D eigenvalue weighted by Crippen LogP contribution is -2.45. The Morgan fingerprint density at radius 2 is 1.45 bits per heavy atom. The molecule has 1 saturated heterocycles. The summed E-state index contributed by atoms with van der Waals surface area (Å²) in [5.41, 5.74) is 4.57. The van der Waals surface area contributed by atoms with E-state index in [1.807, 2.05) is 12.1 Å². The summed E-state index contributed by atoms with van der Waals surface area (Å²) < 4.78 is 11.8. The number of nitrogens with zero attached hydrogens (tertiary/aromatic N) is 2. The summed E-state index contributed by atoms with van der Waals surface area (Å²) in [4.78, 5) is 4.94. The summed E-state index contributed by atoms with van der Waals surface area (Å²) in [6, 6.07) is 27.3. The molecule has 0 radical (unpaired) electrons. The molecule has 5 rings (SSSR count). The van der Waals surface area contributed by atoms with Gasteiger partial charge < -0.3 is 19.5 Å². The molecule has 176 valence electrons. The highest BCUT2D eigenvalue weighted by molar-refractivity contribution is 5.96. The van der Waals surface area contributed by atoms with Crippen molar-refractivity contribution >= 4 is 41.5 Å². The zero-order valence-corrected chi connectivity index (χ0v) is 20.2. The van der Waals surface area contributed by atoms with Crippen LogP contribution < -0.4 is 9.64 Å². The molecule has 0 amide bonds. The first-order valence-corrected chi connectivity index (χ1v) is 10.5. The molecule has 1 aromatic heterocycles. The number of furan rings is 1. The summed E-state index contributed by atoms with van der Waals surface area (Å²) in [5.74, 6) is 1.84. The van der Waals surface area contributed by atoms with Crippen molar-refractivity contribution in [1.82, 2.24) is 4.90 Å². The van der Waals surface area contributed by atoms with Crippen LogP contribution in [0.2, 0.25) is 0 Å². The zero-order valence-electron chi connectivity index (χ0n) is 18.6. The third-order valence-corrected chi connectivity index (χ3v) is 5.89. The molecule has 0 spiro atoms. The highest BCUT2D eigenvalue weighted by atomic mass is 35.5. The number of anilines is 1. The van der Waals surface area contributed by atoms with Crippen molar-refractivity contribution in [3.63, 3.8) is 0 Å². The number of para-hydroxylation sites is 1. The van der Waals surface area contributed by atoms with Crippen LogP contribution in [-0.2, 0) is 6.54 Å². The van der Waals surface area contributed by atoms with Crippen LogP contribution in [0.3, 0.4) is 0 Å². The lowest BCUT2D eigenvalue weighted by molar-refractivity contribution is 0.233. The van der Waals surface area contributed by atoms with Crippen LogP contribution in [0.25, 0.3) is 22.1 Å². The molecule has 0 aliphatic carbocycles. The molecule has 0 atom stereocenters. The van der Waals surface area contributed by atoms with Crippen LogP contribution in [0.4, 0.5) is 5.69 Å². The van der Waals surface area contributed by atoms with Crippen LogP contribution in [0.15, 0.2) is 83.3 Å². The van der Waals surface area contributed by atoms with E-state index in [1.54, 1.807) is 7.11 Å². The molecule has 7 heteroatoms. The second-order valence-electron chi connectivity index (χ2n) is 7.73. The highest BCUT2D eigenvalue weighted by Crippen LogP contribution is 2.37. The number of halogens is 2. The van der Waals surface area contributed by atoms with E-state index in [0.29, 0.717) is 0 Å². The molecule has 4 aromatic rings. The van der Waals surface area contributed by atoms with Gasteiger partial charge >= 0.3 is 0 Å². The summed E-state index contributed by atoms with van der Waals surface area (Å²) in [5, 5.41) is 1.14. The summed E-state index contributed by atoms with van der Waals surface area (Å²) in [7, 11) is 1.69. The van der Waals surface area contributed by atoms with E-state index in [2.05, 4.69) is 76.5 Å². The van der Waals surface area contributed by atoms with Gasteiger partial charge in [0.1, 0.15) is 17.1 Å². The van der Waals surface area contributed by atoms with Crippen LogP contribution in [-0.4, -0.2) is 43.7 Å². The first-order valence-electron chi connectivity index (χ1n) is 10.5. The second kappa shape index (κ2) is 12.0. The number of hydrogen-bond acceptors (Lipinski definition) is 4. The lowest BCUT2D eigenvalue weighted by atomic mass is 10.0. The quantitative estimate of drug-likeness (QED) is 0.374. The van der Waals surface area contributed by atoms with Crippen LogP contribution in [0.5, 0.6) is 5.75 Å². The Labute approximate surface area is 207 Å². The second-order valence-corrected chi connectivity index (χ2v) is 7.73. The predicted molar refractivity (Wildman–Crippen MR) is 140 cm³/mol. The number of fused-ring (bicyclic) bond motifs is 1. The van der Waals surface area contributed by atoms with E-state index >= 15 is 0 Å². The van der Waals surface area contributed by atoms with Gasteiger partial charge in [0.25, 0.3) is 0 Å². The van der Waals surface area contributed by atoms with Crippen molar-refractivity contribution in [2.75, 3.05) is 38.2 Å². The van der Waals surface area contributed by atoms with E-state index in [4.69, 9.17) is 9.15 Å². The third-order valence-electron chi connectivity index (χ3n) is 5.89. The molecule has 5 nitrogen and oxygen atoms in total. The van der Waals surface area contributed by atoms with E-state index in [0.717, 1.165) is 55.2 Å². The van der Waals surface area contributed by atoms with Gasteiger partial charge in [-0.05, 0) is 29.8 Å². The van der Waals surface area contributed by atoms with E-state index < -0.39 is 0 Å². The number of hydrogen-bond donors (Lipinski definition) is 0. The fraction of sp³-hybridized carbons (Fsp3) is 0.231. The molecular weight excluding hydrogens is 459 g/mol. The average molecular weight is 489 g/mol. The molecule has 2 heterocycles. The summed E-state index contributed by atoms with van der Waals surface area (Å²) in [6.45, 7) is 4.90. The average Bonchev–Trinajstić information content (AvgIpc) is 3.17. The topological polar surface area (TPSA) is 60.4 Å². The minimum atomic E-state index is 0. The van der Waals surface area contributed by atoms with Gasteiger partial charge in [-0.2, -0.15) is 0 Å². The minimum Gasteiger partial charge on any atom is -0.497 e. The molecule has 2 N–H and O–H groups in total. The molecule has 0 unspecified atom stereocenters. The Bertz CT molecular complexity index is 1130. The Hall–Kier alpha value is -2.70. The molecule has 3 aromatic carbocycles. The molecular formula is C26H30Cl2N2O3. The monoisotopic (exact) mass is 488 g/mol. The summed E-state index contributed by atoms with van der Waals surface area (Å²) >= 11 is 0. The van der Waals surface area contributed by atoms with Gasteiger partial charge in [0.15, 0.2) is 0 Å². The van der Waals surface area contributed by atoms with Crippen molar-refractivity contribution < 1.29 is 14.6 Å². The normalized spacial score (nSPS) is 13.5. The Balaban J connectivity index is 0.00000128. The minimum absolute atomic E-state index is 0. The van der Waals surface area contributed by atoms with Crippen molar-refractivity contribution in [2.24, 2.45) is 0 Å². The Morgan fingerprint density at radius 1 is 0.818 bits per heavy atom. The van der Waals surface area contributed by atoms with Gasteiger partial charge in [0.05, 0.1) is 13.7 Å². The van der Waals surface area contributed by atoms with Crippen LogP contribution in [0.1, 0.15) is 5.76 Å². The maximum absolute atomic E-state index is 6.38. The molecule has 0 bridgehead atoms. The van der Waals surface area contributed by atoms with Gasteiger partial charge in [-0.25, -0.2) is 0 Å². The molecule has 33 heavy (non-hydrogen) atoms. The van der Waals surface area contributed by atoms with Crippen LogP contribution in [0, 0.1) is 0 Å². The third kappa shape index (κ3) is 5.63. The smallest absolute Gasteiger partial charge is 0.138 e. The molecule has 1 fully saturated rings. The number of piperazine rings is 1. The fourth-order valence-corrected chi connectivity index (χ4v) is 4.29. The predicted octanol–water partition coefficient (Wildman–Crippen LogP) is 5.45. The Kier molecular flexibility index (Phi) is 9.62. The number of rotatable bonds is 5. The lowest BCUT2D eigenvalue weighted by Gasteiger charge is -2.35. The molecule has 1 aliphatic heterocycles. The maximum Gasteiger partial charge on any atom is 0.138 e. The first kappa shape index (κ1) is 26.6. The van der Waals surface area contributed by atoms with Crippen molar-refractivity contribution in [3.8, 4) is 16.9 Å². The standard InChI is InChI=1S/C26H26N2O2.2ClH.H2O/c1-29-22-12-13-23-24(18-22)30-25(26(23)20-8-4-2-5-9-20)19-27-14-16-28(17-15-27)21-10-6-3-7-11-21;;;/h2-13,18H,14-17,19H2,1H3;2*1H;1H2. The number of ether oxygens (including phenoxy) is 1. The van der Waals surface area contributed by atoms with Crippen LogP contribution >= 0.6 is 24.8 Å². The van der Waals surface area contributed by atoms with Gasteiger partial charge in [0, 0.05) is 48.9 Å². The number of benzene rings is 3. The van der Waals surface area contributed by atoms with E-state index in [-0.39, 0.29) is 30.3 Å². The largest absolute Gasteiger partial charge is 0.497 e. The van der Waals surface area contributed by atoms with Crippen molar-refractivity contribution in [3.05, 3.63) is 84.6 Å². The van der Waals surface area contributed by atoms with Gasteiger partial charge in [0.2, 0.25) is 0 Å². The number of methoxy groups -OCH3 is 1. The van der Waals surface area contributed by atoms with Crippen molar-refractivity contribution in [1.29, 1.82) is 0 Å². The Morgan fingerprint density at radius 3 is 2.09 bits per heavy atom. The molecule has 0 saturated carbocycles. The van der Waals surface area contributed by atoms with Gasteiger partial charge in [-0.15, -0.1) is 24.8 Å². The van der Waals surface area contributed by atoms with Gasteiger partial charge in [-0.3, -0.25) is 4.90 Å². The van der Waals surface area contributed by atoms with Gasteiger partial charge in [-0.1, -0.05) is 48.5 Å². The SMILES string of the molecule is COc1ccc2c(-c3ccccc3)c(CN3CCN(c4ccccc4)CC3)oc2c1.Cl.Cl.O. The van der Waals surface area contributed by atoms with Crippen molar-refractivity contribution in [2.45, 2.75) is 6.54 Å². The van der Waals surface area contributed by atoms with E-state index in [1.165, 1.54) is 16.8 Å². The highest BCUT2D eigenvalue weighted by Gasteiger charge is 2.22. The zero-order chi connectivity index (χ0) is 20.3. The molecule has 1 aliphatic rings. The van der Waals surface area contributed by atoms with E-state index in [9.17, 15) is 0 Å². The maximum atomic E-state index is 6.38.